The van der Waals surface area contributed by atoms with Crippen LogP contribution in [0.1, 0.15) is 5.56 Å². The molecule has 1 aromatic heterocycles. The van der Waals surface area contributed by atoms with Gasteiger partial charge in [0.2, 0.25) is 5.88 Å². The molecule has 0 aliphatic carbocycles. The standard InChI is InChI=1S/C16H13ClN2O2/c17-14-8-12(20-10-11-4-2-1-3-5-11)6-7-13(14)15-9-16(18)21-19-15/h1-9H,10,18H2. The molecule has 0 aliphatic rings. The van der Waals surface area contributed by atoms with E-state index in [9.17, 15) is 0 Å². The summed E-state index contributed by atoms with van der Waals surface area (Å²) in [5.74, 6) is 0.953. The molecule has 106 valence electrons. The molecular weight excluding hydrogens is 288 g/mol. The Morgan fingerprint density at radius 3 is 2.57 bits per heavy atom. The second-order valence-electron chi connectivity index (χ2n) is 4.53. The highest BCUT2D eigenvalue weighted by Gasteiger charge is 2.09. The van der Waals surface area contributed by atoms with Crippen molar-refractivity contribution >= 4 is 17.5 Å². The number of hydrogen-bond acceptors (Lipinski definition) is 4. The summed E-state index contributed by atoms with van der Waals surface area (Å²) < 4.78 is 10.6. The molecule has 0 radical (unpaired) electrons. The molecule has 21 heavy (non-hydrogen) atoms. The van der Waals surface area contributed by atoms with Crippen molar-refractivity contribution in [3.63, 3.8) is 0 Å². The molecular formula is C16H13ClN2O2. The highest BCUT2D eigenvalue weighted by atomic mass is 35.5. The Labute approximate surface area is 127 Å². The normalized spacial score (nSPS) is 10.5. The maximum Gasteiger partial charge on any atom is 0.222 e. The number of ether oxygens (including phenoxy) is 1. The van der Waals surface area contributed by atoms with E-state index in [-0.39, 0.29) is 5.88 Å². The lowest BCUT2D eigenvalue weighted by atomic mass is 10.1. The number of rotatable bonds is 4. The van der Waals surface area contributed by atoms with Gasteiger partial charge in [-0.1, -0.05) is 47.1 Å². The highest BCUT2D eigenvalue weighted by molar-refractivity contribution is 6.33. The van der Waals surface area contributed by atoms with Gasteiger partial charge in [0.25, 0.3) is 0 Å². The second kappa shape index (κ2) is 5.89. The maximum atomic E-state index is 6.25. The fraction of sp³-hybridized carbons (Fsp3) is 0.0625. The van der Waals surface area contributed by atoms with Crippen LogP contribution in [0.5, 0.6) is 5.75 Å². The van der Waals surface area contributed by atoms with Crippen molar-refractivity contribution in [2.75, 3.05) is 5.73 Å². The van der Waals surface area contributed by atoms with Crippen LogP contribution in [0.25, 0.3) is 11.3 Å². The Kier molecular flexibility index (Phi) is 3.79. The molecule has 0 aliphatic heterocycles. The van der Waals surface area contributed by atoms with Crippen LogP contribution >= 0.6 is 11.6 Å². The van der Waals surface area contributed by atoms with Gasteiger partial charge in [-0.3, -0.25) is 0 Å². The lowest BCUT2D eigenvalue weighted by molar-refractivity contribution is 0.306. The largest absolute Gasteiger partial charge is 0.489 e. The van der Waals surface area contributed by atoms with Gasteiger partial charge in [-0.15, -0.1) is 0 Å². The van der Waals surface area contributed by atoms with Crippen molar-refractivity contribution < 1.29 is 9.26 Å². The van der Waals surface area contributed by atoms with Crippen molar-refractivity contribution in [1.29, 1.82) is 0 Å². The summed E-state index contributed by atoms with van der Waals surface area (Å²) >= 11 is 6.25. The minimum Gasteiger partial charge on any atom is -0.489 e. The number of nitrogens with two attached hydrogens (primary N) is 1. The fourth-order valence-corrected chi connectivity index (χ4v) is 2.22. The Hall–Kier alpha value is -2.46. The van der Waals surface area contributed by atoms with Crippen LogP contribution in [-0.4, -0.2) is 5.16 Å². The van der Waals surface area contributed by atoms with Gasteiger partial charge in [-0.05, 0) is 23.8 Å². The monoisotopic (exact) mass is 300 g/mol. The van der Waals surface area contributed by atoms with Crippen LogP contribution in [0.3, 0.4) is 0 Å². The first kappa shape index (κ1) is 13.5. The minimum atomic E-state index is 0.255. The zero-order chi connectivity index (χ0) is 14.7. The van der Waals surface area contributed by atoms with Crippen molar-refractivity contribution in [2.45, 2.75) is 6.61 Å². The number of aromatic nitrogens is 1. The molecule has 0 bridgehead atoms. The lowest BCUT2D eigenvalue weighted by Gasteiger charge is -2.08. The van der Waals surface area contributed by atoms with Gasteiger partial charge in [0, 0.05) is 11.6 Å². The zero-order valence-electron chi connectivity index (χ0n) is 11.1. The number of hydrogen-bond donors (Lipinski definition) is 1. The Morgan fingerprint density at radius 2 is 1.90 bits per heavy atom. The van der Waals surface area contributed by atoms with Gasteiger partial charge in [0.15, 0.2) is 0 Å². The number of anilines is 1. The van der Waals surface area contributed by atoms with E-state index in [1.165, 1.54) is 0 Å². The van der Waals surface area contributed by atoms with Gasteiger partial charge >= 0.3 is 0 Å². The van der Waals surface area contributed by atoms with Crippen molar-refractivity contribution in [3.8, 4) is 17.0 Å². The Bertz CT molecular complexity index is 741. The molecule has 4 nitrogen and oxygen atoms in total. The van der Waals surface area contributed by atoms with E-state index < -0.39 is 0 Å². The zero-order valence-corrected chi connectivity index (χ0v) is 11.9. The third-order valence-corrected chi connectivity index (χ3v) is 3.31. The van der Waals surface area contributed by atoms with Crippen LogP contribution in [0.2, 0.25) is 5.02 Å². The molecule has 3 aromatic rings. The fourth-order valence-electron chi connectivity index (χ4n) is 1.95. The van der Waals surface area contributed by atoms with Crippen molar-refractivity contribution in [1.82, 2.24) is 5.16 Å². The van der Waals surface area contributed by atoms with Crippen LogP contribution in [0.15, 0.2) is 59.1 Å². The van der Waals surface area contributed by atoms with E-state index in [2.05, 4.69) is 5.16 Å². The minimum absolute atomic E-state index is 0.255. The van der Waals surface area contributed by atoms with Crippen LogP contribution in [0.4, 0.5) is 5.88 Å². The molecule has 2 N–H and O–H groups in total. The molecule has 0 unspecified atom stereocenters. The molecule has 0 saturated carbocycles. The summed E-state index contributed by atoms with van der Waals surface area (Å²) in [4.78, 5) is 0. The summed E-state index contributed by atoms with van der Waals surface area (Å²) in [5.41, 5.74) is 7.97. The summed E-state index contributed by atoms with van der Waals surface area (Å²) in [6, 6.07) is 17.0. The number of benzene rings is 2. The predicted molar refractivity (Wildman–Crippen MR) is 82.1 cm³/mol. The first-order valence-electron chi connectivity index (χ1n) is 6.41. The molecule has 1 heterocycles. The van der Waals surface area contributed by atoms with E-state index in [4.69, 9.17) is 26.6 Å². The summed E-state index contributed by atoms with van der Waals surface area (Å²) in [6.07, 6.45) is 0. The molecule has 0 amide bonds. The van der Waals surface area contributed by atoms with E-state index in [1.54, 1.807) is 12.1 Å². The molecule has 5 heteroatoms. The molecule has 0 atom stereocenters. The molecule has 0 fully saturated rings. The quantitative estimate of drug-likeness (QED) is 0.786. The van der Waals surface area contributed by atoms with Gasteiger partial charge < -0.3 is 15.0 Å². The van der Waals surface area contributed by atoms with Crippen LogP contribution < -0.4 is 10.5 Å². The third kappa shape index (κ3) is 3.17. The molecule has 3 rings (SSSR count). The van der Waals surface area contributed by atoms with Crippen molar-refractivity contribution in [3.05, 3.63) is 65.2 Å². The van der Waals surface area contributed by atoms with Crippen molar-refractivity contribution in [2.24, 2.45) is 0 Å². The van der Waals surface area contributed by atoms with E-state index in [0.29, 0.717) is 23.1 Å². The highest BCUT2D eigenvalue weighted by Crippen LogP contribution is 2.31. The van der Waals surface area contributed by atoms with E-state index in [0.717, 1.165) is 11.1 Å². The maximum absolute atomic E-state index is 6.25. The number of nitrogen functional groups attached to an aromatic ring is 1. The molecule has 0 saturated heterocycles. The van der Waals surface area contributed by atoms with Gasteiger partial charge in [0.1, 0.15) is 18.1 Å². The van der Waals surface area contributed by atoms with E-state index >= 15 is 0 Å². The third-order valence-electron chi connectivity index (χ3n) is 2.99. The van der Waals surface area contributed by atoms with E-state index in [1.807, 2.05) is 42.5 Å². The molecule has 0 spiro atoms. The number of nitrogens with zero attached hydrogens (tertiary/aromatic N) is 1. The Balaban J connectivity index is 1.75. The van der Waals surface area contributed by atoms with Gasteiger partial charge in [-0.2, -0.15) is 0 Å². The Morgan fingerprint density at radius 1 is 1.10 bits per heavy atom. The first-order chi connectivity index (χ1) is 10.2. The average Bonchev–Trinajstić information content (AvgIpc) is 2.92. The summed E-state index contributed by atoms with van der Waals surface area (Å²) in [6.45, 7) is 0.493. The van der Waals surface area contributed by atoms with Gasteiger partial charge in [0.05, 0.1) is 5.02 Å². The van der Waals surface area contributed by atoms with Gasteiger partial charge in [-0.25, -0.2) is 0 Å². The average molecular weight is 301 g/mol. The SMILES string of the molecule is Nc1cc(-c2ccc(OCc3ccccc3)cc2Cl)no1. The van der Waals surface area contributed by atoms with Crippen LogP contribution in [0, 0.1) is 0 Å². The lowest BCUT2D eigenvalue weighted by Crippen LogP contribution is -1.95. The second-order valence-corrected chi connectivity index (χ2v) is 4.94. The number of halogens is 1. The molecule has 2 aromatic carbocycles. The summed E-state index contributed by atoms with van der Waals surface area (Å²) in [5, 5.41) is 4.38. The first-order valence-corrected chi connectivity index (χ1v) is 6.79. The topological polar surface area (TPSA) is 61.3 Å². The summed E-state index contributed by atoms with van der Waals surface area (Å²) in [7, 11) is 0. The smallest absolute Gasteiger partial charge is 0.222 e. The van der Waals surface area contributed by atoms with Crippen LogP contribution in [-0.2, 0) is 6.61 Å². The predicted octanol–water partition coefficient (Wildman–Crippen LogP) is 4.16.